The standard InChI is InChI=1S/C20H24O6/c1-23-16-9-12-11-20(18(21)25-3,19(22)26-4)15-8-6-5-7-13(15)14(12)10-17(16)24-2/h5,7,9-10,13,15H,6,8,11H2,1-4H3/t13-,15-/m1/s1. The minimum atomic E-state index is -1.36. The van der Waals surface area contributed by atoms with Crippen molar-refractivity contribution in [3.05, 3.63) is 35.4 Å². The van der Waals surface area contributed by atoms with Gasteiger partial charge in [0.2, 0.25) is 0 Å². The second kappa shape index (κ2) is 7.02. The number of hydrogen-bond donors (Lipinski definition) is 0. The van der Waals surface area contributed by atoms with Crippen LogP contribution in [0.25, 0.3) is 0 Å². The molecule has 0 heterocycles. The average molecular weight is 360 g/mol. The van der Waals surface area contributed by atoms with E-state index in [1.165, 1.54) is 14.2 Å². The molecule has 0 spiro atoms. The minimum Gasteiger partial charge on any atom is -0.493 e. The lowest BCUT2D eigenvalue weighted by Gasteiger charge is -2.45. The molecule has 0 radical (unpaired) electrons. The SMILES string of the molecule is COC(=O)C1(C(=O)OC)Cc2cc(OC)c(OC)cc2[C@H]2C=CCC[C@H]21. The lowest BCUT2D eigenvalue weighted by molar-refractivity contribution is -0.175. The van der Waals surface area contributed by atoms with Crippen LogP contribution in [0.1, 0.15) is 29.9 Å². The molecule has 6 heteroatoms. The Balaban J connectivity index is 2.24. The van der Waals surface area contributed by atoms with Crippen LogP contribution in [0.5, 0.6) is 11.5 Å². The van der Waals surface area contributed by atoms with Gasteiger partial charge in [-0.05, 0) is 48.4 Å². The molecule has 1 aromatic rings. The number of carbonyl (C=O) groups excluding carboxylic acids is 2. The van der Waals surface area contributed by atoms with Crippen molar-refractivity contribution in [1.82, 2.24) is 0 Å². The van der Waals surface area contributed by atoms with Gasteiger partial charge in [-0.1, -0.05) is 12.2 Å². The van der Waals surface area contributed by atoms with Gasteiger partial charge in [-0.25, -0.2) is 0 Å². The molecule has 0 amide bonds. The molecule has 3 rings (SSSR count). The van der Waals surface area contributed by atoms with Crippen molar-refractivity contribution in [2.75, 3.05) is 28.4 Å². The summed E-state index contributed by atoms with van der Waals surface area (Å²) in [5, 5.41) is 0. The van der Waals surface area contributed by atoms with Gasteiger partial charge >= 0.3 is 11.9 Å². The van der Waals surface area contributed by atoms with E-state index in [0.717, 1.165) is 17.5 Å². The van der Waals surface area contributed by atoms with Crippen molar-refractivity contribution in [3.8, 4) is 11.5 Å². The van der Waals surface area contributed by atoms with E-state index in [9.17, 15) is 9.59 Å². The third kappa shape index (κ3) is 2.55. The van der Waals surface area contributed by atoms with Crippen LogP contribution in [0, 0.1) is 11.3 Å². The van der Waals surface area contributed by atoms with Gasteiger partial charge in [-0.3, -0.25) is 9.59 Å². The summed E-state index contributed by atoms with van der Waals surface area (Å²) in [5.41, 5.74) is 0.559. The van der Waals surface area contributed by atoms with Crippen molar-refractivity contribution >= 4 is 11.9 Å². The molecule has 140 valence electrons. The van der Waals surface area contributed by atoms with Crippen LogP contribution in [-0.4, -0.2) is 40.4 Å². The van der Waals surface area contributed by atoms with E-state index in [4.69, 9.17) is 18.9 Å². The summed E-state index contributed by atoms with van der Waals surface area (Å²) in [5.74, 6) is -0.214. The van der Waals surface area contributed by atoms with Crippen LogP contribution < -0.4 is 9.47 Å². The van der Waals surface area contributed by atoms with Crippen LogP contribution in [0.4, 0.5) is 0 Å². The quantitative estimate of drug-likeness (QED) is 0.467. The first kappa shape index (κ1) is 18.3. The van der Waals surface area contributed by atoms with E-state index in [1.54, 1.807) is 14.2 Å². The number of methoxy groups -OCH3 is 4. The maximum atomic E-state index is 12.8. The zero-order valence-electron chi connectivity index (χ0n) is 15.5. The molecule has 2 aliphatic rings. The first-order valence-electron chi connectivity index (χ1n) is 8.61. The van der Waals surface area contributed by atoms with Gasteiger partial charge in [-0.15, -0.1) is 0 Å². The molecule has 0 N–H and O–H groups in total. The highest BCUT2D eigenvalue weighted by atomic mass is 16.5. The van der Waals surface area contributed by atoms with Crippen molar-refractivity contribution in [2.24, 2.45) is 11.3 Å². The number of carbonyl (C=O) groups is 2. The molecule has 1 aromatic carbocycles. The zero-order valence-corrected chi connectivity index (χ0v) is 15.5. The average Bonchev–Trinajstić information content (AvgIpc) is 2.70. The minimum absolute atomic E-state index is 0.0921. The first-order chi connectivity index (χ1) is 12.5. The molecule has 26 heavy (non-hydrogen) atoms. The van der Waals surface area contributed by atoms with E-state index in [2.05, 4.69) is 12.2 Å². The van der Waals surface area contributed by atoms with Gasteiger partial charge < -0.3 is 18.9 Å². The molecule has 0 fully saturated rings. The third-order valence-corrected chi connectivity index (χ3v) is 5.63. The number of rotatable bonds is 4. The van der Waals surface area contributed by atoms with Crippen molar-refractivity contribution in [1.29, 1.82) is 0 Å². The fourth-order valence-corrected chi connectivity index (χ4v) is 4.43. The highest BCUT2D eigenvalue weighted by molar-refractivity contribution is 6.01. The summed E-state index contributed by atoms with van der Waals surface area (Å²) in [7, 11) is 5.77. The van der Waals surface area contributed by atoms with Gasteiger partial charge in [0.25, 0.3) is 0 Å². The Morgan fingerprint density at radius 1 is 1.00 bits per heavy atom. The monoisotopic (exact) mass is 360 g/mol. The molecule has 0 saturated carbocycles. The Kier molecular flexibility index (Phi) is 4.94. The van der Waals surface area contributed by atoms with Crippen molar-refractivity contribution in [3.63, 3.8) is 0 Å². The molecular formula is C20H24O6. The summed E-state index contributed by atoms with van der Waals surface area (Å²) in [4.78, 5) is 25.7. The van der Waals surface area contributed by atoms with Gasteiger partial charge in [0, 0.05) is 5.92 Å². The van der Waals surface area contributed by atoms with Gasteiger partial charge in [0.1, 0.15) is 0 Å². The Hall–Kier alpha value is -2.50. The van der Waals surface area contributed by atoms with E-state index in [-0.39, 0.29) is 18.3 Å². The Bertz CT molecular complexity index is 735. The van der Waals surface area contributed by atoms with E-state index in [1.807, 2.05) is 12.1 Å². The summed E-state index contributed by atoms with van der Waals surface area (Å²) >= 11 is 0. The molecule has 0 aromatic heterocycles. The van der Waals surface area contributed by atoms with Crippen LogP contribution >= 0.6 is 0 Å². The molecule has 0 unspecified atom stereocenters. The largest absolute Gasteiger partial charge is 0.493 e. The Morgan fingerprint density at radius 2 is 1.62 bits per heavy atom. The summed E-state index contributed by atoms with van der Waals surface area (Å²) in [6.45, 7) is 0. The number of allylic oxidation sites excluding steroid dienone is 2. The van der Waals surface area contributed by atoms with Gasteiger partial charge in [-0.2, -0.15) is 0 Å². The predicted octanol–water partition coefficient (Wildman–Crippen LogP) is 2.64. The summed E-state index contributed by atoms with van der Waals surface area (Å²) in [6, 6.07) is 3.79. The van der Waals surface area contributed by atoms with Crippen molar-refractivity contribution < 1.29 is 28.5 Å². The van der Waals surface area contributed by atoms with Crippen molar-refractivity contribution in [2.45, 2.75) is 25.2 Å². The number of hydrogen-bond acceptors (Lipinski definition) is 6. The fourth-order valence-electron chi connectivity index (χ4n) is 4.43. The van der Waals surface area contributed by atoms with E-state index < -0.39 is 17.4 Å². The van der Waals surface area contributed by atoms with Crippen LogP contribution in [0.3, 0.4) is 0 Å². The lowest BCUT2D eigenvalue weighted by atomic mass is 9.57. The second-order valence-corrected chi connectivity index (χ2v) is 6.68. The molecule has 0 aliphatic heterocycles. The smallest absolute Gasteiger partial charge is 0.323 e. The maximum absolute atomic E-state index is 12.8. The predicted molar refractivity (Wildman–Crippen MR) is 94.3 cm³/mol. The Morgan fingerprint density at radius 3 is 2.19 bits per heavy atom. The summed E-state index contributed by atoms with van der Waals surface area (Å²) < 4.78 is 21.0. The molecule has 2 aliphatic carbocycles. The third-order valence-electron chi connectivity index (χ3n) is 5.63. The topological polar surface area (TPSA) is 71.1 Å². The number of benzene rings is 1. The highest BCUT2D eigenvalue weighted by Crippen LogP contribution is 2.54. The van der Waals surface area contributed by atoms with Crippen LogP contribution in [-0.2, 0) is 25.5 Å². The zero-order chi connectivity index (χ0) is 18.9. The van der Waals surface area contributed by atoms with Crippen LogP contribution in [0.15, 0.2) is 24.3 Å². The fraction of sp³-hybridized carbons (Fsp3) is 0.500. The highest BCUT2D eigenvalue weighted by Gasteiger charge is 2.59. The number of esters is 2. The van der Waals surface area contributed by atoms with Crippen LogP contribution in [0.2, 0.25) is 0 Å². The van der Waals surface area contributed by atoms with Gasteiger partial charge in [0.05, 0.1) is 28.4 Å². The number of ether oxygens (including phenoxy) is 4. The number of fused-ring (bicyclic) bond motifs is 3. The maximum Gasteiger partial charge on any atom is 0.323 e. The second-order valence-electron chi connectivity index (χ2n) is 6.68. The first-order valence-corrected chi connectivity index (χ1v) is 8.61. The van der Waals surface area contributed by atoms with E-state index >= 15 is 0 Å². The lowest BCUT2D eigenvalue weighted by Crippen LogP contribution is -2.53. The molecule has 6 nitrogen and oxygen atoms in total. The van der Waals surface area contributed by atoms with E-state index in [0.29, 0.717) is 17.9 Å². The molecule has 2 atom stereocenters. The molecular weight excluding hydrogens is 336 g/mol. The summed E-state index contributed by atoms with van der Waals surface area (Å²) in [6.07, 6.45) is 5.89. The Labute approximate surface area is 153 Å². The van der Waals surface area contributed by atoms with Gasteiger partial charge in [0.15, 0.2) is 16.9 Å². The normalized spacial score (nSPS) is 22.6. The molecule has 0 saturated heterocycles. The molecule has 0 bridgehead atoms.